The van der Waals surface area contributed by atoms with Crippen LogP contribution in [0.5, 0.6) is 11.5 Å². The molecule has 0 saturated carbocycles. The average Bonchev–Trinajstić information content (AvgIpc) is 2.28. The van der Waals surface area contributed by atoms with E-state index in [4.69, 9.17) is 5.11 Å². The number of nitrogens with one attached hydrogen (secondary N) is 1. The molecular formula is C11H13NO5. The number of aromatic hydroxyl groups is 2. The Hall–Kier alpha value is -2.24. The number of amides is 1. The summed E-state index contributed by atoms with van der Waals surface area (Å²) in [5.74, 6) is -2.89. The lowest BCUT2D eigenvalue weighted by atomic mass is 10.1. The number of carbonyl (C=O) groups is 2. The highest BCUT2D eigenvalue weighted by atomic mass is 16.4. The first-order chi connectivity index (χ1) is 7.97. The molecule has 0 fully saturated rings. The normalized spacial score (nSPS) is 11.8. The molecule has 0 saturated heterocycles. The van der Waals surface area contributed by atoms with Crippen molar-refractivity contribution >= 4 is 11.9 Å². The predicted molar refractivity (Wildman–Crippen MR) is 59.0 cm³/mol. The van der Waals surface area contributed by atoms with Crippen LogP contribution in [0.4, 0.5) is 0 Å². The molecule has 1 atom stereocenters. The molecule has 92 valence electrons. The number of phenolic OH excluding ortho intramolecular Hbond substituents is 2. The average molecular weight is 239 g/mol. The lowest BCUT2D eigenvalue weighted by molar-refractivity contribution is -0.139. The molecule has 4 N–H and O–H groups in total. The third-order valence-electron chi connectivity index (χ3n) is 2.27. The molecule has 0 aliphatic carbocycles. The van der Waals surface area contributed by atoms with Gasteiger partial charge in [0, 0.05) is 0 Å². The zero-order valence-electron chi connectivity index (χ0n) is 9.17. The SMILES string of the molecule is CCC(NC(=O)c1cccc(O)c1O)C(=O)O. The van der Waals surface area contributed by atoms with Crippen molar-refractivity contribution < 1.29 is 24.9 Å². The van der Waals surface area contributed by atoms with E-state index in [1.807, 2.05) is 0 Å². The number of carbonyl (C=O) groups excluding carboxylic acids is 1. The van der Waals surface area contributed by atoms with E-state index in [9.17, 15) is 19.8 Å². The zero-order valence-corrected chi connectivity index (χ0v) is 9.17. The van der Waals surface area contributed by atoms with Crippen LogP contribution in [0.2, 0.25) is 0 Å². The first-order valence-corrected chi connectivity index (χ1v) is 5.02. The van der Waals surface area contributed by atoms with Gasteiger partial charge in [-0.05, 0) is 18.6 Å². The minimum atomic E-state index is -1.15. The molecule has 1 aromatic carbocycles. The molecule has 0 aromatic heterocycles. The first kappa shape index (κ1) is 12.8. The van der Waals surface area contributed by atoms with Crippen molar-refractivity contribution in [2.45, 2.75) is 19.4 Å². The number of hydrogen-bond acceptors (Lipinski definition) is 4. The minimum Gasteiger partial charge on any atom is -0.504 e. The molecule has 1 aromatic rings. The molecule has 6 heteroatoms. The second kappa shape index (κ2) is 5.20. The topological polar surface area (TPSA) is 107 Å². The number of carboxylic acids is 1. The van der Waals surface area contributed by atoms with Gasteiger partial charge < -0.3 is 20.6 Å². The zero-order chi connectivity index (χ0) is 13.0. The van der Waals surface area contributed by atoms with Crippen LogP contribution in [-0.2, 0) is 4.79 Å². The van der Waals surface area contributed by atoms with Crippen LogP contribution in [0.15, 0.2) is 18.2 Å². The summed E-state index contributed by atoms with van der Waals surface area (Å²) in [6.07, 6.45) is 0.223. The number of carboxylic acid groups (broad SMARTS) is 1. The molecule has 0 heterocycles. The smallest absolute Gasteiger partial charge is 0.326 e. The molecular weight excluding hydrogens is 226 g/mol. The van der Waals surface area contributed by atoms with E-state index in [2.05, 4.69) is 5.32 Å². The lowest BCUT2D eigenvalue weighted by Crippen LogP contribution is -2.40. The van der Waals surface area contributed by atoms with Crippen molar-refractivity contribution in [3.8, 4) is 11.5 Å². The Balaban J connectivity index is 2.90. The second-order valence-electron chi connectivity index (χ2n) is 3.45. The van der Waals surface area contributed by atoms with E-state index < -0.39 is 29.4 Å². The van der Waals surface area contributed by atoms with Crippen LogP contribution >= 0.6 is 0 Å². The van der Waals surface area contributed by atoms with E-state index in [1.165, 1.54) is 18.2 Å². The van der Waals surface area contributed by atoms with Gasteiger partial charge in [0.1, 0.15) is 6.04 Å². The Bertz CT molecular complexity index is 443. The highest BCUT2D eigenvalue weighted by molar-refractivity contribution is 5.99. The van der Waals surface area contributed by atoms with Crippen molar-refractivity contribution in [3.05, 3.63) is 23.8 Å². The van der Waals surface area contributed by atoms with Crippen molar-refractivity contribution in [2.75, 3.05) is 0 Å². The van der Waals surface area contributed by atoms with E-state index in [0.29, 0.717) is 0 Å². The Morgan fingerprint density at radius 1 is 1.35 bits per heavy atom. The van der Waals surface area contributed by atoms with Crippen LogP contribution in [0.1, 0.15) is 23.7 Å². The maximum absolute atomic E-state index is 11.6. The van der Waals surface area contributed by atoms with Crippen LogP contribution in [0, 0.1) is 0 Å². The first-order valence-electron chi connectivity index (χ1n) is 5.02. The Morgan fingerprint density at radius 2 is 2.00 bits per heavy atom. The molecule has 0 spiro atoms. The molecule has 0 aliphatic heterocycles. The van der Waals surface area contributed by atoms with Crippen molar-refractivity contribution in [1.82, 2.24) is 5.32 Å². The molecule has 1 unspecified atom stereocenters. The van der Waals surface area contributed by atoms with Crippen molar-refractivity contribution in [2.24, 2.45) is 0 Å². The molecule has 0 bridgehead atoms. The van der Waals surface area contributed by atoms with Crippen molar-refractivity contribution in [3.63, 3.8) is 0 Å². The van der Waals surface area contributed by atoms with Crippen molar-refractivity contribution in [1.29, 1.82) is 0 Å². The molecule has 1 rings (SSSR count). The number of para-hydroxylation sites is 1. The summed E-state index contributed by atoms with van der Waals surface area (Å²) < 4.78 is 0. The monoisotopic (exact) mass is 239 g/mol. The number of benzene rings is 1. The maximum atomic E-state index is 11.6. The summed E-state index contributed by atoms with van der Waals surface area (Å²) in [5, 5.41) is 29.6. The minimum absolute atomic E-state index is 0.162. The van der Waals surface area contributed by atoms with Gasteiger partial charge in [0.15, 0.2) is 11.5 Å². The molecule has 1 amide bonds. The van der Waals surface area contributed by atoms with Gasteiger partial charge >= 0.3 is 5.97 Å². The van der Waals surface area contributed by atoms with E-state index in [1.54, 1.807) is 6.92 Å². The predicted octanol–water partition coefficient (Wildman–Crippen LogP) is 0.691. The Morgan fingerprint density at radius 3 is 2.53 bits per heavy atom. The fourth-order valence-corrected chi connectivity index (χ4v) is 1.29. The highest BCUT2D eigenvalue weighted by Gasteiger charge is 2.21. The van der Waals surface area contributed by atoms with Gasteiger partial charge in [0.2, 0.25) is 0 Å². The second-order valence-corrected chi connectivity index (χ2v) is 3.45. The van der Waals surface area contributed by atoms with Crippen LogP contribution < -0.4 is 5.32 Å². The van der Waals surface area contributed by atoms with Crippen LogP contribution in [-0.4, -0.2) is 33.2 Å². The van der Waals surface area contributed by atoms with Gasteiger partial charge in [0.05, 0.1) is 5.56 Å². The van der Waals surface area contributed by atoms with Crippen LogP contribution in [0.3, 0.4) is 0 Å². The van der Waals surface area contributed by atoms with Gasteiger partial charge in [-0.15, -0.1) is 0 Å². The van der Waals surface area contributed by atoms with Gasteiger partial charge in [-0.3, -0.25) is 4.79 Å². The Kier molecular flexibility index (Phi) is 3.92. The number of hydrogen-bond donors (Lipinski definition) is 4. The lowest BCUT2D eigenvalue weighted by Gasteiger charge is -2.13. The standard InChI is InChI=1S/C11H13NO5/c1-2-7(11(16)17)12-10(15)6-4-3-5-8(13)9(6)14/h3-5,7,13-14H,2H2,1H3,(H,12,15)(H,16,17). The summed E-state index contributed by atoms with van der Waals surface area (Å²) in [5.41, 5.74) is -0.162. The number of aliphatic carboxylic acids is 1. The van der Waals surface area contributed by atoms with Crippen LogP contribution in [0.25, 0.3) is 0 Å². The Labute approximate surface area is 97.5 Å². The quantitative estimate of drug-likeness (QED) is 0.578. The van der Waals surface area contributed by atoms with Gasteiger partial charge in [-0.2, -0.15) is 0 Å². The largest absolute Gasteiger partial charge is 0.504 e. The molecule has 0 radical (unpaired) electrons. The summed E-state index contributed by atoms with van der Waals surface area (Å²) in [6.45, 7) is 1.61. The molecule has 6 nitrogen and oxygen atoms in total. The third-order valence-corrected chi connectivity index (χ3v) is 2.27. The summed E-state index contributed by atoms with van der Waals surface area (Å²) >= 11 is 0. The summed E-state index contributed by atoms with van der Waals surface area (Å²) in [7, 11) is 0. The summed E-state index contributed by atoms with van der Waals surface area (Å²) in [4.78, 5) is 22.4. The van der Waals surface area contributed by atoms with E-state index >= 15 is 0 Å². The van der Waals surface area contributed by atoms with Gasteiger partial charge in [-0.25, -0.2) is 4.79 Å². The number of rotatable bonds is 4. The summed E-state index contributed by atoms with van der Waals surface area (Å²) in [6, 6.07) is 2.87. The third kappa shape index (κ3) is 2.87. The number of phenols is 2. The fraction of sp³-hybridized carbons (Fsp3) is 0.273. The van der Waals surface area contributed by atoms with E-state index in [0.717, 1.165) is 0 Å². The van der Waals surface area contributed by atoms with Gasteiger partial charge in [0.25, 0.3) is 5.91 Å². The highest BCUT2D eigenvalue weighted by Crippen LogP contribution is 2.27. The molecule has 17 heavy (non-hydrogen) atoms. The molecule has 0 aliphatic rings. The van der Waals surface area contributed by atoms with Gasteiger partial charge in [-0.1, -0.05) is 13.0 Å². The maximum Gasteiger partial charge on any atom is 0.326 e. The van der Waals surface area contributed by atoms with E-state index in [-0.39, 0.29) is 12.0 Å². The fourth-order valence-electron chi connectivity index (χ4n) is 1.29.